The van der Waals surface area contributed by atoms with Crippen LogP contribution in [0, 0.1) is 6.92 Å². The molecule has 2 aromatic rings. The van der Waals surface area contributed by atoms with E-state index in [9.17, 15) is 9.59 Å². The minimum absolute atomic E-state index is 0. The van der Waals surface area contributed by atoms with Crippen LogP contribution in [0.3, 0.4) is 0 Å². The fourth-order valence-corrected chi connectivity index (χ4v) is 3.64. The number of ether oxygens (including phenoxy) is 2. The number of carbonyl (C=O) groups excluding carboxylic acids is 4. The number of aryl methyl sites for hydroxylation is 1. The van der Waals surface area contributed by atoms with E-state index >= 15 is 0 Å². The maximum Gasteiger partial charge on any atom is 2.00 e. The van der Waals surface area contributed by atoms with Crippen LogP contribution in [-0.2, 0) is 46.1 Å². The molecule has 0 aliphatic carbocycles. The van der Waals surface area contributed by atoms with Crippen LogP contribution in [0.4, 0.5) is 10.5 Å². The van der Waals surface area contributed by atoms with Gasteiger partial charge in [-0.25, -0.2) is 9.59 Å². The van der Waals surface area contributed by atoms with Crippen LogP contribution in [0.2, 0.25) is 0 Å². The Hall–Kier alpha value is -3.42. The van der Waals surface area contributed by atoms with Gasteiger partial charge in [0.05, 0.1) is 5.56 Å². The van der Waals surface area contributed by atoms with E-state index in [2.05, 4.69) is 11.8 Å². The molecule has 40 heavy (non-hydrogen) atoms. The van der Waals surface area contributed by atoms with Gasteiger partial charge in [-0.2, -0.15) is 0 Å². The molecule has 0 saturated carbocycles. The van der Waals surface area contributed by atoms with Crippen molar-refractivity contribution in [1.82, 2.24) is 4.90 Å². The van der Waals surface area contributed by atoms with Gasteiger partial charge in [-0.3, -0.25) is 0 Å². The molecule has 1 fully saturated rings. The Kier molecular flexibility index (Phi) is 15.8. The van der Waals surface area contributed by atoms with Crippen LogP contribution < -0.4 is 15.1 Å². The number of rotatable bonds is 4. The van der Waals surface area contributed by atoms with Crippen molar-refractivity contribution in [3.05, 3.63) is 65.2 Å². The summed E-state index contributed by atoms with van der Waals surface area (Å²) in [6.07, 6.45) is -0.284. The Morgan fingerprint density at radius 2 is 1.50 bits per heavy atom. The third-order valence-corrected chi connectivity index (χ3v) is 5.26. The van der Waals surface area contributed by atoms with E-state index in [0.717, 1.165) is 30.7 Å². The number of anilines is 1. The van der Waals surface area contributed by atoms with Gasteiger partial charge in [-0.15, -0.1) is 0 Å². The molecule has 10 nitrogen and oxygen atoms in total. The molecule has 1 saturated heterocycles. The number of esters is 1. The largest absolute Gasteiger partial charge is 2.00 e. The van der Waals surface area contributed by atoms with E-state index in [0.29, 0.717) is 25.2 Å². The first kappa shape index (κ1) is 36.6. The number of aliphatic carboxylic acids is 2. The number of nitrogens with zero attached hydrogens (tertiary/aromatic N) is 2. The van der Waals surface area contributed by atoms with Crippen LogP contribution in [0.1, 0.15) is 63.0 Å². The number of carboxylic acid groups (broad SMARTS) is 2. The van der Waals surface area contributed by atoms with Crippen molar-refractivity contribution in [2.24, 2.45) is 0 Å². The standard InChI is InChI=1S/C25H32N2O4.2C2H4O2.Pd/c1-18-11-12-21(15-22(18)23(28)30-17-20-9-7-6-8-10-20)27-14-13-26(16-19(27)2)24(29)31-25(3,4)5;2*1-2(3)4;/h6-12,15,19H,13-14,16-17H2,1-5H3;2*1H3,(H,3,4);/q;;;+2/p-2. The van der Waals surface area contributed by atoms with Crippen LogP contribution in [-0.4, -0.2) is 60.2 Å². The number of piperazine rings is 1. The zero-order chi connectivity index (χ0) is 29.8. The van der Waals surface area contributed by atoms with Gasteiger partial charge in [0.25, 0.3) is 0 Å². The van der Waals surface area contributed by atoms with E-state index in [1.54, 1.807) is 4.90 Å². The summed E-state index contributed by atoms with van der Waals surface area (Å²) in [5.41, 5.74) is 2.84. The molecule has 3 rings (SSSR count). The van der Waals surface area contributed by atoms with Gasteiger partial charge in [-0.05, 0) is 71.7 Å². The summed E-state index contributed by atoms with van der Waals surface area (Å²) < 4.78 is 11.0. The Labute approximate surface area is 249 Å². The maximum absolute atomic E-state index is 12.7. The predicted molar refractivity (Wildman–Crippen MR) is 143 cm³/mol. The van der Waals surface area contributed by atoms with Crippen molar-refractivity contribution in [3.63, 3.8) is 0 Å². The van der Waals surface area contributed by atoms with Crippen molar-refractivity contribution in [3.8, 4) is 0 Å². The number of hydrogen-bond donors (Lipinski definition) is 0. The molecule has 2 aromatic carbocycles. The molecule has 0 N–H and O–H groups in total. The second-order valence-electron chi connectivity index (χ2n) is 10.0. The van der Waals surface area contributed by atoms with E-state index in [-0.39, 0.29) is 45.1 Å². The normalized spacial score (nSPS) is 14.2. The molecule has 1 aliphatic rings. The Bertz CT molecular complexity index is 1100. The molecule has 11 heteroatoms. The van der Waals surface area contributed by atoms with E-state index in [1.807, 2.05) is 76.2 Å². The SMILES string of the molecule is CC(=O)[O-].CC(=O)[O-].Cc1ccc(N2CCN(C(=O)OC(C)(C)C)CC2C)cc1C(=O)OCc1ccccc1.[Pd+2]. The van der Waals surface area contributed by atoms with Crippen molar-refractivity contribution in [2.75, 3.05) is 24.5 Å². The monoisotopic (exact) mass is 648 g/mol. The smallest absolute Gasteiger partial charge is 0.550 e. The zero-order valence-electron chi connectivity index (χ0n) is 24.0. The Morgan fingerprint density at radius 1 is 0.950 bits per heavy atom. The van der Waals surface area contributed by atoms with Crippen LogP contribution in [0.5, 0.6) is 0 Å². The Balaban J connectivity index is 0.00000149. The predicted octanol–water partition coefficient (Wildman–Crippen LogP) is 2.31. The van der Waals surface area contributed by atoms with Gasteiger partial charge >= 0.3 is 32.5 Å². The van der Waals surface area contributed by atoms with Gasteiger partial charge in [0.15, 0.2) is 0 Å². The second kappa shape index (κ2) is 17.3. The third-order valence-electron chi connectivity index (χ3n) is 5.26. The molecule has 1 heterocycles. The molecule has 1 atom stereocenters. The summed E-state index contributed by atoms with van der Waals surface area (Å²) in [4.78, 5) is 46.9. The molecule has 0 aromatic heterocycles. The number of carboxylic acids is 2. The minimum Gasteiger partial charge on any atom is -0.550 e. The average molecular weight is 649 g/mol. The molecule has 0 bridgehead atoms. The molecule has 0 radical (unpaired) electrons. The van der Waals surface area contributed by atoms with Gasteiger partial charge in [0.2, 0.25) is 0 Å². The van der Waals surface area contributed by atoms with Gasteiger partial charge in [0, 0.05) is 43.3 Å². The average Bonchev–Trinajstić information content (AvgIpc) is 2.82. The van der Waals surface area contributed by atoms with E-state index in [1.165, 1.54) is 0 Å². The second-order valence-corrected chi connectivity index (χ2v) is 10.0. The Morgan fingerprint density at radius 3 is 2.00 bits per heavy atom. The first-order valence-corrected chi connectivity index (χ1v) is 12.5. The van der Waals surface area contributed by atoms with E-state index in [4.69, 9.17) is 29.3 Å². The number of benzene rings is 2. The number of amides is 1. The van der Waals surface area contributed by atoms with E-state index < -0.39 is 17.5 Å². The summed E-state index contributed by atoms with van der Waals surface area (Å²) in [6, 6.07) is 15.6. The van der Waals surface area contributed by atoms with Gasteiger partial charge in [0.1, 0.15) is 12.2 Å². The van der Waals surface area contributed by atoms with Crippen molar-refractivity contribution in [1.29, 1.82) is 0 Å². The first-order valence-electron chi connectivity index (χ1n) is 12.5. The maximum atomic E-state index is 12.7. The summed E-state index contributed by atoms with van der Waals surface area (Å²) in [5, 5.41) is 17.8. The first-order chi connectivity index (χ1) is 18.1. The molecule has 0 spiro atoms. The fourth-order valence-electron chi connectivity index (χ4n) is 3.64. The third kappa shape index (κ3) is 14.1. The van der Waals surface area contributed by atoms with Crippen molar-refractivity contribution >= 4 is 29.7 Å². The summed E-state index contributed by atoms with van der Waals surface area (Å²) in [7, 11) is 0. The molecular weight excluding hydrogens is 611 g/mol. The molecule has 1 amide bonds. The molecule has 1 aliphatic heterocycles. The van der Waals surface area contributed by atoms with Crippen LogP contribution in [0.15, 0.2) is 48.5 Å². The molecule has 222 valence electrons. The quantitative estimate of drug-likeness (QED) is 0.361. The topological polar surface area (TPSA) is 139 Å². The minimum atomic E-state index is -1.08. The number of carbonyl (C=O) groups is 4. The van der Waals surface area contributed by atoms with Gasteiger partial charge in [-0.1, -0.05) is 36.4 Å². The van der Waals surface area contributed by atoms with Crippen molar-refractivity contribution in [2.45, 2.75) is 66.7 Å². The summed E-state index contributed by atoms with van der Waals surface area (Å²) in [5.74, 6) is -2.50. The summed E-state index contributed by atoms with van der Waals surface area (Å²) >= 11 is 0. The van der Waals surface area contributed by atoms with Gasteiger partial charge < -0.3 is 39.1 Å². The van der Waals surface area contributed by atoms with Crippen LogP contribution in [0.25, 0.3) is 0 Å². The molecular formula is C29H38N2O8Pd. The number of hydrogen-bond acceptors (Lipinski definition) is 9. The van der Waals surface area contributed by atoms with Crippen LogP contribution >= 0.6 is 0 Å². The fraction of sp³-hybridized carbons (Fsp3) is 0.448. The summed E-state index contributed by atoms with van der Waals surface area (Å²) in [6.45, 7) is 13.6. The zero-order valence-corrected chi connectivity index (χ0v) is 25.6. The van der Waals surface area contributed by atoms with Crippen molar-refractivity contribution < 1.29 is 59.3 Å². The molecule has 1 unspecified atom stereocenters.